The molecule has 1 nitrogen and oxygen atoms in total. The van der Waals surface area contributed by atoms with Crippen molar-refractivity contribution in [3.05, 3.63) is 246 Å². The van der Waals surface area contributed by atoms with Gasteiger partial charge >= 0.3 is 0 Å². The zero-order valence-electron chi connectivity index (χ0n) is 38.9. The number of hydrogen-bond donors (Lipinski definition) is 0. The van der Waals surface area contributed by atoms with Gasteiger partial charge in [0.25, 0.3) is 0 Å². The van der Waals surface area contributed by atoms with Crippen LogP contribution in [0.1, 0.15) is 109 Å². The van der Waals surface area contributed by atoms with Crippen molar-refractivity contribution in [2.75, 3.05) is 4.90 Å². The molecular formula is C67H57N. The highest BCUT2D eigenvalue weighted by atomic mass is 15.1. The first-order chi connectivity index (χ1) is 33.7. The number of benzene rings is 9. The minimum atomic E-state index is -0.475. The largest absolute Gasteiger partial charge is 0.310 e. The molecule has 9 aromatic rings. The Hall–Kier alpha value is -7.22. The summed E-state index contributed by atoms with van der Waals surface area (Å²) in [4.78, 5) is 2.50. The summed E-state index contributed by atoms with van der Waals surface area (Å²) in [6.45, 7) is 0. The second kappa shape index (κ2) is 17.1. The molecule has 1 atom stereocenters. The molecule has 0 aromatic heterocycles. The molecule has 0 bridgehead atoms. The lowest BCUT2D eigenvalue weighted by Crippen LogP contribution is -2.26. The molecule has 1 spiro atoms. The van der Waals surface area contributed by atoms with E-state index in [0.29, 0.717) is 11.8 Å². The Kier molecular flexibility index (Phi) is 10.3. The third kappa shape index (κ3) is 6.81. The minimum Gasteiger partial charge on any atom is -0.310 e. The van der Waals surface area contributed by atoms with Gasteiger partial charge in [0.15, 0.2) is 0 Å². The van der Waals surface area contributed by atoms with Crippen LogP contribution < -0.4 is 4.90 Å². The van der Waals surface area contributed by atoms with E-state index < -0.39 is 5.41 Å². The topological polar surface area (TPSA) is 3.24 Å². The molecule has 0 saturated heterocycles. The van der Waals surface area contributed by atoms with E-state index in [1.807, 2.05) is 0 Å². The summed E-state index contributed by atoms with van der Waals surface area (Å²) in [5, 5.41) is 0. The lowest BCUT2D eigenvalue weighted by Gasteiger charge is -2.32. The molecule has 4 aliphatic rings. The van der Waals surface area contributed by atoms with Crippen molar-refractivity contribution in [3.8, 4) is 55.6 Å². The van der Waals surface area contributed by atoms with Gasteiger partial charge in [-0.15, -0.1) is 0 Å². The lowest BCUT2D eigenvalue weighted by atomic mass is 9.70. The average molecular weight is 876 g/mol. The first kappa shape index (κ1) is 41.0. The molecule has 330 valence electrons. The molecule has 2 fully saturated rings. The maximum Gasteiger partial charge on any atom is 0.0726 e. The Bertz CT molecular complexity index is 3260. The zero-order chi connectivity index (χ0) is 45.0. The van der Waals surface area contributed by atoms with Gasteiger partial charge in [-0.05, 0) is 169 Å². The first-order valence-electron chi connectivity index (χ1n) is 25.5. The van der Waals surface area contributed by atoms with Crippen LogP contribution in [0.15, 0.2) is 212 Å². The number of anilines is 3. The molecule has 1 unspecified atom stereocenters. The minimum absolute atomic E-state index is 0.475. The third-order valence-corrected chi connectivity index (χ3v) is 16.3. The summed E-state index contributed by atoms with van der Waals surface area (Å²) in [6.07, 6.45) is 13.3. The van der Waals surface area contributed by atoms with Crippen LogP contribution in [-0.4, -0.2) is 0 Å². The second-order valence-electron chi connectivity index (χ2n) is 20.0. The standard InChI is InChI=1S/C67H57N/c1-4-16-46(17-5-1)49-28-30-51(31-29-49)57-22-10-11-23-58(57)52-34-39-55(40-35-52)68(54-37-32-50(33-38-54)47-18-6-2-7-19-47)56-41-43-62-60-25-13-15-27-64(60)67(66(62)45-56)63-26-14-12-24-59(63)61-42-36-53(44-65(61)67)48-20-8-3-9-21-48/h3,8-15,20-47H,1-2,4-7,16-19H2. The van der Waals surface area contributed by atoms with Gasteiger partial charge in [0.05, 0.1) is 5.41 Å². The summed E-state index contributed by atoms with van der Waals surface area (Å²) in [6, 6.07) is 81.2. The van der Waals surface area contributed by atoms with Gasteiger partial charge in [-0.25, -0.2) is 0 Å². The number of rotatable bonds is 8. The van der Waals surface area contributed by atoms with Crippen LogP contribution in [0, 0.1) is 0 Å². The highest BCUT2D eigenvalue weighted by molar-refractivity contribution is 5.97. The van der Waals surface area contributed by atoms with Gasteiger partial charge in [0, 0.05) is 17.1 Å². The predicted molar refractivity (Wildman–Crippen MR) is 285 cm³/mol. The van der Waals surface area contributed by atoms with E-state index >= 15 is 0 Å². The molecule has 0 aliphatic heterocycles. The van der Waals surface area contributed by atoms with Gasteiger partial charge in [-0.2, -0.15) is 0 Å². The fourth-order valence-corrected chi connectivity index (χ4v) is 13.0. The maximum absolute atomic E-state index is 2.53. The Labute approximate surface area is 402 Å². The van der Waals surface area contributed by atoms with Crippen LogP contribution in [0.4, 0.5) is 17.1 Å². The number of hydrogen-bond acceptors (Lipinski definition) is 1. The van der Waals surface area contributed by atoms with Crippen molar-refractivity contribution in [2.45, 2.75) is 81.5 Å². The summed E-state index contributed by atoms with van der Waals surface area (Å²) < 4.78 is 0. The molecule has 0 N–H and O–H groups in total. The second-order valence-corrected chi connectivity index (χ2v) is 20.0. The molecule has 13 rings (SSSR count). The fourth-order valence-electron chi connectivity index (χ4n) is 13.0. The third-order valence-electron chi connectivity index (χ3n) is 16.3. The predicted octanol–water partition coefficient (Wildman–Crippen LogP) is 18.6. The van der Waals surface area contributed by atoms with Crippen LogP contribution in [0.3, 0.4) is 0 Å². The molecule has 9 aromatic carbocycles. The van der Waals surface area contributed by atoms with Crippen LogP contribution in [0.2, 0.25) is 0 Å². The van der Waals surface area contributed by atoms with E-state index in [1.165, 1.54) is 159 Å². The summed E-state index contributed by atoms with van der Waals surface area (Å²) in [5.41, 5.74) is 24.2. The summed E-state index contributed by atoms with van der Waals surface area (Å²) in [5.74, 6) is 1.35. The van der Waals surface area contributed by atoms with Crippen molar-refractivity contribution in [1.29, 1.82) is 0 Å². The van der Waals surface area contributed by atoms with Crippen LogP contribution in [0.25, 0.3) is 55.6 Å². The molecule has 0 amide bonds. The Morgan fingerprint density at radius 2 is 0.676 bits per heavy atom. The summed E-state index contributed by atoms with van der Waals surface area (Å²) in [7, 11) is 0. The molecule has 0 radical (unpaired) electrons. The van der Waals surface area contributed by atoms with Crippen molar-refractivity contribution in [2.24, 2.45) is 0 Å². The van der Waals surface area contributed by atoms with Gasteiger partial charge in [0.2, 0.25) is 0 Å². The van der Waals surface area contributed by atoms with Crippen molar-refractivity contribution < 1.29 is 0 Å². The van der Waals surface area contributed by atoms with E-state index in [1.54, 1.807) is 0 Å². The van der Waals surface area contributed by atoms with Gasteiger partial charge in [0.1, 0.15) is 0 Å². The smallest absolute Gasteiger partial charge is 0.0726 e. The summed E-state index contributed by atoms with van der Waals surface area (Å²) >= 11 is 0. The van der Waals surface area contributed by atoms with Crippen molar-refractivity contribution in [3.63, 3.8) is 0 Å². The molecule has 0 heterocycles. The lowest BCUT2D eigenvalue weighted by molar-refractivity contribution is 0.443. The first-order valence-corrected chi connectivity index (χ1v) is 25.5. The average Bonchev–Trinajstić information content (AvgIpc) is 3.89. The van der Waals surface area contributed by atoms with Crippen molar-refractivity contribution in [1.82, 2.24) is 0 Å². The Balaban J connectivity index is 0.946. The van der Waals surface area contributed by atoms with Crippen LogP contribution in [0.5, 0.6) is 0 Å². The zero-order valence-corrected chi connectivity index (χ0v) is 38.9. The van der Waals surface area contributed by atoms with E-state index in [0.717, 1.165) is 11.4 Å². The SMILES string of the molecule is c1ccc(-c2ccc3c(c2)C2(c4ccccc4-3)c3ccccc3-c3ccc(N(c4ccc(-c5ccccc5-c5ccc(C6CCCCC6)cc5)cc4)c4ccc(C5CCCCC5)cc4)cc32)cc1. The molecular weight excluding hydrogens is 819 g/mol. The Morgan fingerprint density at radius 1 is 0.279 bits per heavy atom. The van der Waals surface area contributed by atoms with E-state index in [2.05, 4.69) is 217 Å². The molecule has 1 heteroatoms. The van der Waals surface area contributed by atoms with Crippen LogP contribution >= 0.6 is 0 Å². The fraction of sp³-hybridized carbons (Fsp3) is 0.194. The number of nitrogens with zero attached hydrogens (tertiary/aromatic N) is 1. The molecule has 2 saturated carbocycles. The monoisotopic (exact) mass is 875 g/mol. The highest BCUT2D eigenvalue weighted by Gasteiger charge is 2.52. The van der Waals surface area contributed by atoms with Gasteiger partial charge in [-0.3, -0.25) is 0 Å². The normalized spacial score (nSPS) is 17.4. The van der Waals surface area contributed by atoms with E-state index in [9.17, 15) is 0 Å². The van der Waals surface area contributed by atoms with E-state index in [-0.39, 0.29) is 0 Å². The molecule has 68 heavy (non-hydrogen) atoms. The number of fused-ring (bicyclic) bond motifs is 10. The van der Waals surface area contributed by atoms with Gasteiger partial charge < -0.3 is 4.90 Å². The Morgan fingerprint density at radius 3 is 1.24 bits per heavy atom. The maximum atomic E-state index is 2.53. The van der Waals surface area contributed by atoms with Gasteiger partial charge in [-0.1, -0.05) is 208 Å². The van der Waals surface area contributed by atoms with Crippen molar-refractivity contribution >= 4 is 17.1 Å². The van der Waals surface area contributed by atoms with Crippen LogP contribution in [-0.2, 0) is 5.41 Å². The quantitative estimate of drug-likeness (QED) is 0.147. The molecule has 4 aliphatic carbocycles. The van der Waals surface area contributed by atoms with E-state index in [4.69, 9.17) is 0 Å². The highest BCUT2D eigenvalue weighted by Crippen LogP contribution is 2.64.